The zero-order valence-corrected chi connectivity index (χ0v) is 9.71. The Balaban J connectivity index is 2.71. The van der Waals surface area contributed by atoms with E-state index < -0.39 is 0 Å². The third kappa shape index (κ3) is 2.84. The first-order chi connectivity index (χ1) is 6.50. The average Bonchev–Trinajstić information content (AvgIpc) is 2.07. The van der Waals surface area contributed by atoms with E-state index in [9.17, 15) is 0 Å². The predicted molar refractivity (Wildman–Crippen MR) is 64.8 cm³/mol. The van der Waals surface area contributed by atoms with Gasteiger partial charge in [-0.05, 0) is 51.2 Å². The number of thiocarbonyl (C=S) groups is 1. The van der Waals surface area contributed by atoms with Gasteiger partial charge in [-0.2, -0.15) is 0 Å². The van der Waals surface area contributed by atoms with Gasteiger partial charge in [-0.25, -0.2) is 0 Å². The molecule has 2 nitrogen and oxygen atoms in total. The number of nitrogens with two attached hydrogens (primary N) is 1. The molecule has 0 radical (unpaired) electrons. The lowest BCUT2D eigenvalue weighted by molar-refractivity contribution is 0.510. The minimum absolute atomic E-state index is 0.363. The van der Waals surface area contributed by atoms with E-state index in [0.717, 1.165) is 12.8 Å². The van der Waals surface area contributed by atoms with Crippen molar-refractivity contribution in [2.45, 2.75) is 33.1 Å². The highest BCUT2D eigenvalue weighted by Gasteiger charge is 2.19. The number of nitrogens with one attached hydrogen (secondary N) is 1. The molecule has 0 bridgehead atoms. The third-order valence-corrected chi connectivity index (χ3v) is 2.91. The molecule has 0 heterocycles. The van der Waals surface area contributed by atoms with Gasteiger partial charge in [-0.15, -0.1) is 0 Å². The molecule has 1 rings (SSSR count). The Labute approximate surface area is 91.3 Å². The van der Waals surface area contributed by atoms with Crippen molar-refractivity contribution < 1.29 is 0 Å². The van der Waals surface area contributed by atoms with E-state index in [1.54, 1.807) is 0 Å². The monoisotopic (exact) mass is 210 g/mol. The summed E-state index contributed by atoms with van der Waals surface area (Å²) in [5.41, 5.74) is 9.28. The zero-order chi connectivity index (χ0) is 10.7. The smallest absolute Gasteiger partial charge is 0.167 e. The van der Waals surface area contributed by atoms with Crippen LogP contribution in [0.3, 0.4) is 0 Å². The Morgan fingerprint density at radius 2 is 2.29 bits per heavy atom. The van der Waals surface area contributed by atoms with Crippen LogP contribution in [0.4, 0.5) is 0 Å². The Hall–Kier alpha value is -0.830. The van der Waals surface area contributed by atoms with Crippen molar-refractivity contribution in [3.63, 3.8) is 0 Å². The van der Waals surface area contributed by atoms with E-state index in [1.165, 1.54) is 23.3 Å². The van der Waals surface area contributed by atoms with Crippen LogP contribution in [0.15, 0.2) is 23.4 Å². The fourth-order valence-corrected chi connectivity index (χ4v) is 1.91. The van der Waals surface area contributed by atoms with Crippen LogP contribution in [0.5, 0.6) is 0 Å². The van der Waals surface area contributed by atoms with Gasteiger partial charge < -0.3 is 11.1 Å². The fraction of sp³-hybridized carbons (Fsp3) is 0.545. The molecule has 0 aliphatic heterocycles. The highest BCUT2D eigenvalue weighted by Crippen LogP contribution is 2.31. The van der Waals surface area contributed by atoms with Crippen molar-refractivity contribution in [3.8, 4) is 0 Å². The molecule has 1 aliphatic carbocycles. The summed E-state index contributed by atoms with van der Waals surface area (Å²) in [5, 5.41) is 3.43. The van der Waals surface area contributed by atoms with Crippen LogP contribution < -0.4 is 11.1 Å². The lowest BCUT2D eigenvalue weighted by atomic mass is 9.84. The molecule has 0 aromatic rings. The van der Waals surface area contributed by atoms with Crippen molar-refractivity contribution in [1.29, 1.82) is 0 Å². The summed E-state index contributed by atoms with van der Waals surface area (Å²) in [6, 6.07) is 0. The van der Waals surface area contributed by atoms with E-state index in [4.69, 9.17) is 18.0 Å². The average molecular weight is 210 g/mol. The molecule has 0 amide bonds. The van der Waals surface area contributed by atoms with Crippen molar-refractivity contribution in [2.24, 2.45) is 11.7 Å². The molecule has 1 aliphatic rings. The molecular weight excluding hydrogens is 192 g/mol. The van der Waals surface area contributed by atoms with Crippen molar-refractivity contribution in [1.82, 2.24) is 5.32 Å². The molecule has 0 saturated carbocycles. The van der Waals surface area contributed by atoms with Crippen LogP contribution in [-0.2, 0) is 0 Å². The van der Waals surface area contributed by atoms with Gasteiger partial charge in [0.1, 0.15) is 0 Å². The quantitative estimate of drug-likeness (QED) is 0.543. The topological polar surface area (TPSA) is 38.0 Å². The van der Waals surface area contributed by atoms with Crippen LogP contribution in [0, 0.1) is 5.92 Å². The molecule has 14 heavy (non-hydrogen) atoms. The third-order valence-electron chi connectivity index (χ3n) is 2.80. The molecule has 0 aromatic heterocycles. The molecule has 1 atom stereocenters. The summed E-state index contributed by atoms with van der Waals surface area (Å²) in [4.78, 5) is 0. The molecule has 0 saturated heterocycles. The standard InChI is InChI=1S/C11H18N2S/c1-7(2)9-5-4-8(3)10(6-9)13-11(12)14/h9H,1,4-6H2,2-3H3,(H3,12,13,14)/t9-/m1/s1. The van der Waals surface area contributed by atoms with Gasteiger partial charge in [0.05, 0.1) is 0 Å². The molecule has 0 aromatic carbocycles. The summed E-state index contributed by atoms with van der Waals surface area (Å²) >= 11 is 4.84. The Kier molecular flexibility index (Phi) is 3.69. The first-order valence-electron chi connectivity index (χ1n) is 4.91. The van der Waals surface area contributed by atoms with E-state index in [1.807, 2.05) is 0 Å². The summed E-state index contributed by atoms with van der Waals surface area (Å²) < 4.78 is 0. The molecule has 0 spiro atoms. The highest BCUT2D eigenvalue weighted by atomic mass is 32.1. The van der Waals surface area contributed by atoms with Crippen molar-refractivity contribution in [3.05, 3.63) is 23.4 Å². The zero-order valence-electron chi connectivity index (χ0n) is 8.89. The molecule has 3 heteroatoms. The van der Waals surface area contributed by atoms with Crippen LogP contribution >= 0.6 is 12.2 Å². The Morgan fingerprint density at radius 1 is 1.64 bits per heavy atom. The first-order valence-corrected chi connectivity index (χ1v) is 5.32. The van der Waals surface area contributed by atoms with Crippen LogP contribution in [0.2, 0.25) is 0 Å². The Morgan fingerprint density at radius 3 is 2.79 bits per heavy atom. The number of allylic oxidation sites excluding steroid dienone is 3. The van der Waals surface area contributed by atoms with Crippen LogP contribution in [0.25, 0.3) is 0 Å². The van der Waals surface area contributed by atoms with Crippen LogP contribution in [0.1, 0.15) is 33.1 Å². The molecule has 0 fully saturated rings. The van der Waals surface area contributed by atoms with Gasteiger partial charge in [0.25, 0.3) is 0 Å². The number of hydrogen-bond acceptors (Lipinski definition) is 1. The van der Waals surface area contributed by atoms with E-state index in [2.05, 4.69) is 25.7 Å². The SMILES string of the molecule is C=C(C)[C@@H]1CCC(C)=C(NC(N)=S)C1. The summed E-state index contributed by atoms with van der Waals surface area (Å²) in [5.74, 6) is 0.579. The van der Waals surface area contributed by atoms with Gasteiger partial charge in [-0.3, -0.25) is 0 Å². The molecular formula is C11H18N2S. The molecule has 0 unspecified atom stereocenters. The molecule has 78 valence electrons. The predicted octanol–water partition coefficient (Wildman–Crippen LogP) is 2.47. The van der Waals surface area contributed by atoms with E-state index >= 15 is 0 Å². The summed E-state index contributed by atoms with van der Waals surface area (Å²) in [6.45, 7) is 8.22. The first kappa shape index (κ1) is 11.2. The van der Waals surface area contributed by atoms with Crippen molar-refractivity contribution in [2.75, 3.05) is 0 Å². The van der Waals surface area contributed by atoms with Gasteiger partial charge in [0, 0.05) is 5.70 Å². The van der Waals surface area contributed by atoms with Crippen LogP contribution in [-0.4, -0.2) is 5.11 Å². The maximum atomic E-state index is 5.47. The molecule has 3 N–H and O–H groups in total. The second-order valence-corrected chi connectivity index (χ2v) is 4.47. The van der Waals surface area contributed by atoms with Gasteiger partial charge in [-0.1, -0.05) is 17.7 Å². The highest BCUT2D eigenvalue weighted by molar-refractivity contribution is 7.80. The maximum Gasteiger partial charge on any atom is 0.167 e. The lowest BCUT2D eigenvalue weighted by Crippen LogP contribution is -2.31. The van der Waals surface area contributed by atoms with Gasteiger partial charge in [0.15, 0.2) is 5.11 Å². The summed E-state index contributed by atoms with van der Waals surface area (Å²) in [7, 11) is 0. The van der Waals surface area contributed by atoms with Gasteiger partial charge >= 0.3 is 0 Å². The minimum Gasteiger partial charge on any atom is -0.376 e. The maximum absolute atomic E-state index is 5.47. The second-order valence-electron chi connectivity index (χ2n) is 4.03. The van der Waals surface area contributed by atoms with Gasteiger partial charge in [0.2, 0.25) is 0 Å². The normalized spacial score (nSPS) is 22.0. The minimum atomic E-state index is 0.363. The second kappa shape index (κ2) is 4.60. The number of rotatable bonds is 2. The van der Waals surface area contributed by atoms with E-state index in [-0.39, 0.29) is 0 Å². The fourth-order valence-electron chi connectivity index (χ4n) is 1.79. The largest absolute Gasteiger partial charge is 0.376 e. The van der Waals surface area contributed by atoms with Crippen molar-refractivity contribution >= 4 is 17.3 Å². The van der Waals surface area contributed by atoms with E-state index in [0.29, 0.717) is 11.0 Å². The summed E-state index contributed by atoms with van der Waals surface area (Å²) in [6.07, 6.45) is 3.31. The number of hydrogen-bond donors (Lipinski definition) is 2. The Bertz CT molecular complexity index is 292. The lowest BCUT2D eigenvalue weighted by Gasteiger charge is -2.26.